The molecule has 3 rings (SSSR count). The summed E-state index contributed by atoms with van der Waals surface area (Å²) in [6.45, 7) is 8.62. The molecule has 0 saturated carbocycles. The summed E-state index contributed by atoms with van der Waals surface area (Å²) in [5.41, 5.74) is 1.34. The maximum Gasteiger partial charge on any atom is 0.165 e. The van der Waals surface area contributed by atoms with Crippen molar-refractivity contribution in [2.45, 2.75) is 103 Å². The van der Waals surface area contributed by atoms with Gasteiger partial charge in [-0.2, -0.15) is 0 Å². The molecule has 3 unspecified atom stereocenters. The van der Waals surface area contributed by atoms with Crippen molar-refractivity contribution in [3.05, 3.63) is 65.5 Å². The number of unbranched alkanes of at least 4 members (excludes halogenated alkanes) is 1. The summed E-state index contributed by atoms with van der Waals surface area (Å²) in [5, 5.41) is 0. The highest BCUT2D eigenvalue weighted by atomic mass is 19.1. The first kappa shape index (κ1) is 27.3. The predicted molar refractivity (Wildman–Crippen MR) is 138 cm³/mol. The highest BCUT2D eigenvalue weighted by molar-refractivity contribution is 5.96. The molecular formula is C30H41FO4. The van der Waals surface area contributed by atoms with Gasteiger partial charge in [0.1, 0.15) is 0 Å². The summed E-state index contributed by atoms with van der Waals surface area (Å²) in [6, 6.07) is 14.9. The van der Waals surface area contributed by atoms with Crippen molar-refractivity contribution in [1.29, 1.82) is 0 Å². The van der Waals surface area contributed by atoms with Crippen LogP contribution in [0.4, 0.5) is 4.39 Å². The molecule has 0 aromatic heterocycles. The van der Waals surface area contributed by atoms with Gasteiger partial charge in [-0.05, 0) is 63.8 Å². The molecule has 1 fully saturated rings. The van der Waals surface area contributed by atoms with Crippen molar-refractivity contribution in [1.82, 2.24) is 0 Å². The third-order valence-electron chi connectivity index (χ3n) is 6.65. The van der Waals surface area contributed by atoms with E-state index in [2.05, 4.69) is 31.2 Å². The topological polar surface area (TPSA) is 44.8 Å². The van der Waals surface area contributed by atoms with Gasteiger partial charge >= 0.3 is 0 Å². The Labute approximate surface area is 210 Å². The summed E-state index contributed by atoms with van der Waals surface area (Å²) in [5.74, 6) is -0.344. The summed E-state index contributed by atoms with van der Waals surface area (Å²) in [4.78, 5) is 12.7. The molecule has 0 aliphatic carbocycles. The van der Waals surface area contributed by atoms with Gasteiger partial charge in [0.25, 0.3) is 0 Å². The van der Waals surface area contributed by atoms with E-state index in [0.717, 1.165) is 44.9 Å². The zero-order valence-corrected chi connectivity index (χ0v) is 21.7. The standard InChI is InChI=1S/C30H41FO4/c1-5-17-30(21-25(33-6-2)20-29(35-30)23-12-8-7-9-13-23)18-11-10-14-27(32)24-15-16-28(26(31)19-24)34-22(3)4/h7-9,12-13,15-16,19,22,25,29H,5-6,10-11,14,17-18,20-21H2,1-4H3. The average molecular weight is 485 g/mol. The first-order valence-electron chi connectivity index (χ1n) is 13.2. The Morgan fingerprint density at radius 3 is 2.54 bits per heavy atom. The van der Waals surface area contributed by atoms with Crippen molar-refractivity contribution >= 4 is 5.78 Å². The van der Waals surface area contributed by atoms with Gasteiger partial charge in [-0.15, -0.1) is 0 Å². The molecule has 5 heteroatoms. The van der Waals surface area contributed by atoms with Crippen molar-refractivity contribution in [2.24, 2.45) is 0 Å². The number of ketones is 1. The van der Waals surface area contributed by atoms with Gasteiger partial charge < -0.3 is 14.2 Å². The molecule has 1 aliphatic heterocycles. The fraction of sp³-hybridized carbons (Fsp3) is 0.567. The van der Waals surface area contributed by atoms with Crippen LogP contribution in [0.2, 0.25) is 0 Å². The second-order valence-electron chi connectivity index (χ2n) is 9.91. The van der Waals surface area contributed by atoms with Crippen molar-refractivity contribution < 1.29 is 23.4 Å². The van der Waals surface area contributed by atoms with E-state index in [1.54, 1.807) is 12.1 Å². The van der Waals surface area contributed by atoms with E-state index < -0.39 is 5.82 Å². The van der Waals surface area contributed by atoms with E-state index in [4.69, 9.17) is 14.2 Å². The molecule has 0 bridgehead atoms. The number of rotatable bonds is 13. The molecule has 192 valence electrons. The van der Waals surface area contributed by atoms with Gasteiger partial charge in [-0.1, -0.05) is 50.1 Å². The Kier molecular flexibility index (Phi) is 10.3. The smallest absolute Gasteiger partial charge is 0.165 e. The molecule has 2 aromatic carbocycles. The molecule has 1 saturated heterocycles. The second kappa shape index (κ2) is 13.2. The van der Waals surface area contributed by atoms with Crippen LogP contribution in [-0.2, 0) is 9.47 Å². The summed E-state index contributed by atoms with van der Waals surface area (Å²) >= 11 is 0. The summed E-state index contributed by atoms with van der Waals surface area (Å²) in [6.07, 6.45) is 6.72. The van der Waals surface area contributed by atoms with Gasteiger partial charge in [0.2, 0.25) is 0 Å². The molecule has 35 heavy (non-hydrogen) atoms. The van der Waals surface area contributed by atoms with Crippen LogP contribution < -0.4 is 4.74 Å². The second-order valence-corrected chi connectivity index (χ2v) is 9.91. The van der Waals surface area contributed by atoms with E-state index in [9.17, 15) is 9.18 Å². The number of hydrogen-bond donors (Lipinski definition) is 0. The van der Waals surface area contributed by atoms with Crippen LogP contribution >= 0.6 is 0 Å². The van der Waals surface area contributed by atoms with Crippen LogP contribution in [0.5, 0.6) is 5.75 Å². The zero-order valence-electron chi connectivity index (χ0n) is 21.7. The van der Waals surface area contributed by atoms with E-state index in [-0.39, 0.29) is 35.4 Å². The first-order valence-corrected chi connectivity index (χ1v) is 13.2. The number of hydrogen-bond acceptors (Lipinski definition) is 4. The Morgan fingerprint density at radius 1 is 1.11 bits per heavy atom. The fourth-order valence-corrected chi connectivity index (χ4v) is 5.17. The summed E-state index contributed by atoms with van der Waals surface area (Å²) in [7, 11) is 0. The van der Waals surface area contributed by atoms with Crippen LogP contribution in [0.1, 0.15) is 101 Å². The lowest BCUT2D eigenvalue weighted by molar-refractivity contribution is -0.182. The lowest BCUT2D eigenvalue weighted by Crippen LogP contribution is -2.44. The van der Waals surface area contributed by atoms with Crippen LogP contribution in [0.3, 0.4) is 0 Å². The Morgan fingerprint density at radius 2 is 1.89 bits per heavy atom. The van der Waals surface area contributed by atoms with Crippen LogP contribution in [0, 0.1) is 5.82 Å². The molecule has 4 nitrogen and oxygen atoms in total. The van der Waals surface area contributed by atoms with Crippen molar-refractivity contribution in [3.8, 4) is 5.75 Å². The lowest BCUT2D eigenvalue weighted by Gasteiger charge is -2.45. The first-order chi connectivity index (χ1) is 16.9. The maximum atomic E-state index is 14.3. The number of ether oxygens (including phenoxy) is 3. The molecule has 0 radical (unpaired) electrons. The normalized spacial score (nSPS) is 22.3. The molecule has 2 aromatic rings. The highest BCUT2D eigenvalue weighted by Crippen LogP contribution is 2.43. The zero-order chi connectivity index (χ0) is 25.3. The third-order valence-corrected chi connectivity index (χ3v) is 6.65. The van der Waals surface area contributed by atoms with E-state index >= 15 is 0 Å². The minimum Gasteiger partial charge on any atom is -0.488 e. The average Bonchev–Trinajstić information content (AvgIpc) is 2.83. The minimum atomic E-state index is -0.490. The van der Waals surface area contributed by atoms with Gasteiger partial charge in [0.05, 0.1) is 23.9 Å². The largest absolute Gasteiger partial charge is 0.488 e. The van der Waals surface area contributed by atoms with Gasteiger partial charge in [-0.3, -0.25) is 4.79 Å². The fourth-order valence-electron chi connectivity index (χ4n) is 5.17. The molecule has 3 atom stereocenters. The van der Waals surface area contributed by atoms with Crippen LogP contribution in [0.25, 0.3) is 0 Å². The third kappa shape index (κ3) is 7.88. The number of benzene rings is 2. The summed E-state index contributed by atoms with van der Waals surface area (Å²) < 4.78 is 32.6. The SMILES string of the molecule is CCCC1(CCCCC(=O)c2ccc(OC(C)C)c(F)c2)CC(OCC)CC(c2ccccc2)O1. The van der Waals surface area contributed by atoms with E-state index in [1.807, 2.05) is 26.8 Å². The van der Waals surface area contributed by atoms with Crippen molar-refractivity contribution in [3.63, 3.8) is 0 Å². The molecule has 0 N–H and O–H groups in total. The van der Waals surface area contributed by atoms with E-state index in [1.165, 1.54) is 11.6 Å². The number of carbonyl (C=O) groups is 1. The van der Waals surface area contributed by atoms with Crippen LogP contribution in [-0.4, -0.2) is 30.2 Å². The molecule has 1 aliphatic rings. The highest BCUT2D eigenvalue weighted by Gasteiger charge is 2.41. The number of Topliss-reactive ketones (excluding diaryl/α,β-unsaturated/α-hetero) is 1. The predicted octanol–water partition coefficient (Wildman–Crippen LogP) is 7.85. The number of halogens is 1. The Balaban J connectivity index is 1.61. The molecule has 0 spiro atoms. The van der Waals surface area contributed by atoms with Gasteiger partial charge in [-0.25, -0.2) is 4.39 Å². The molecule has 0 amide bonds. The van der Waals surface area contributed by atoms with Crippen molar-refractivity contribution in [2.75, 3.05) is 6.61 Å². The minimum absolute atomic E-state index is 0.0178. The monoisotopic (exact) mass is 484 g/mol. The molecular weight excluding hydrogens is 443 g/mol. The lowest BCUT2D eigenvalue weighted by atomic mass is 9.80. The van der Waals surface area contributed by atoms with Crippen LogP contribution in [0.15, 0.2) is 48.5 Å². The van der Waals surface area contributed by atoms with Gasteiger partial charge in [0.15, 0.2) is 17.3 Å². The Bertz CT molecular complexity index is 929. The Hall–Kier alpha value is -2.24. The quantitative estimate of drug-likeness (QED) is 0.214. The maximum absolute atomic E-state index is 14.3. The number of carbonyl (C=O) groups excluding carboxylic acids is 1. The van der Waals surface area contributed by atoms with Gasteiger partial charge in [0, 0.05) is 31.4 Å². The molecule has 1 heterocycles. The van der Waals surface area contributed by atoms with E-state index in [0.29, 0.717) is 18.6 Å².